The van der Waals surface area contributed by atoms with E-state index < -0.39 is 0 Å². The topological polar surface area (TPSA) is 63.8 Å². The number of hydrogen-bond acceptors (Lipinski definition) is 7. The number of aryl methyl sites for hydroxylation is 3. The van der Waals surface area contributed by atoms with Crippen LogP contribution in [0.5, 0.6) is 0 Å². The van der Waals surface area contributed by atoms with Gasteiger partial charge in [0.25, 0.3) is 5.22 Å². The quantitative estimate of drug-likeness (QED) is 0.386. The summed E-state index contributed by atoms with van der Waals surface area (Å²) < 4.78 is 5.82. The van der Waals surface area contributed by atoms with Gasteiger partial charge in [-0.05, 0) is 45.0 Å². The molecule has 7 heteroatoms. The van der Waals surface area contributed by atoms with Gasteiger partial charge in [-0.2, -0.15) is 0 Å². The molecule has 0 unspecified atom stereocenters. The molecule has 0 bridgehead atoms. The van der Waals surface area contributed by atoms with E-state index in [-0.39, 0.29) is 0 Å². The summed E-state index contributed by atoms with van der Waals surface area (Å²) in [5.74, 6) is 1.23. The van der Waals surface area contributed by atoms with Crippen molar-refractivity contribution in [2.24, 2.45) is 0 Å². The van der Waals surface area contributed by atoms with Gasteiger partial charge in [0, 0.05) is 22.4 Å². The molecule has 0 aliphatic heterocycles. The lowest BCUT2D eigenvalue weighted by atomic mass is 10.1. The zero-order valence-corrected chi connectivity index (χ0v) is 17.5. The fourth-order valence-electron chi connectivity index (χ4n) is 2.81. The van der Waals surface area contributed by atoms with Gasteiger partial charge >= 0.3 is 0 Å². The third kappa shape index (κ3) is 4.61. The highest BCUT2D eigenvalue weighted by molar-refractivity contribution is 7.98. The zero-order valence-electron chi connectivity index (χ0n) is 15.9. The van der Waals surface area contributed by atoms with E-state index in [2.05, 4.69) is 83.7 Å². The minimum Gasteiger partial charge on any atom is -0.411 e. The fraction of sp³-hybridized carbons (Fsp3) is 0.190. The molecule has 0 radical (unpaired) electrons. The molecule has 5 nitrogen and oxygen atoms in total. The summed E-state index contributed by atoms with van der Waals surface area (Å²) >= 11 is 3.08. The molecule has 0 aliphatic carbocycles. The van der Waals surface area contributed by atoms with Crippen LogP contribution in [0.2, 0.25) is 0 Å². The van der Waals surface area contributed by atoms with Crippen molar-refractivity contribution in [2.75, 3.05) is 5.32 Å². The van der Waals surface area contributed by atoms with Crippen molar-refractivity contribution in [3.05, 3.63) is 70.2 Å². The second-order valence-electron chi connectivity index (χ2n) is 6.67. The third-order valence-corrected chi connectivity index (χ3v) is 5.73. The zero-order chi connectivity index (χ0) is 19.5. The average Bonchev–Trinajstić information content (AvgIpc) is 3.30. The molecule has 2 aromatic heterocycles. The van der Waals surface area contributed by atoms with Crippen LogP contribution in [-0.4, -0.2) is 15.2 Å². The molecule has 0 saturated carbocycles. The van der Waals surface area contributed by atoms with Gasteiger partial charge in [-0.1, -0.05) is 46.7 Å². The van der Waals surface area contributed by atoms with Gasteiger partial charge < -0.3 is 9.73 Å². The van der Waals surface area contributed by atoms with Crippen LogP contribution in [0.15, 0.2) is 57.5 Å². The summed E-state index contributed by atoms with van der Waals surface area (Å²) in [6.45, 7) is 6.20. The van der Waals surface area contributed by atoms with E-state index in [1.165, 1.54) is 28.5 Å². The highest BCUT2D eigenvalue weighted by Gasteiger charge is 2.11. The van der Waals surface area contributed by atoms with Crippen molar-refractivity contribution in [1.82, 2.24) is 15.2 Å². The van der Waals surface area contributed by atoms with E-state index in [4.69, 9.17) is 4.42 Å². The summed E-state index contributed by atoms with van der Waals surface area (Å²) in [6, 6.07) is 14.5. The third-order valence-electron chi connectivity index (χ3n) is 4.07. The van der Waals surface area contributed by atoms with Crippen molar-refractivity contribution in [1.29, 1.82) is 0 Å². The predicted molar refractivity (Wildman–Crippen MR) is 115 cm³/mol. The average molecular weight is 409 g/mol. The molecule has 0 amide bonds. The van der Waals surface area contributed by atoms with E-state index in [1.807, 2.05) is 5.38 Å². The number of rotatable bonds is 6. The molecule has 142 valence electrons. The first kappa shape index (κ1) is 18.7. The SMILES string of the molecule is Cc1ccc(Nc2nc(CSc3nnc(-c4cc(C)cc(C)c4)o3)cs2)cc1. The first-order valence-corrected chi connectivity index (χ1v) is 10.7. The highest BCUT2D eigenvalue weighted by Crippen LogP contribution is 2.28. The molecule has 1 N–H and O–H groups in total. The monoisotopic (exact) mass is 408 g/mol. The van der Waals surface area contributed by atoms with Crippen molar-refractivity contribution >= 4 is 33.9 Å². The molecule has 0 saturated heterocycles. The molecule has 4 aromatic rings. The van der Waals surface area contributed by atoms with Crippen molar-refractivity contribution in [2.45, 2.75) is 31.7 Å². The van der Waals surface area contributed by atoms with Crippen molar-refractivity contribution in [3.63, 3.8) is 0 Å². The summed E-state index contributed by atoms with van der Waals surface area (Å²) in [5, 5.41) is 15.1. The van der Waals surface area contributed by atoms with Gasteiger partial charge in [0.15, 0.2) is 5.13 Å². The molecule has 4 rings (SSSR count). The Balaban J connectivity index is 1.38. The molecular weight excluding hydrogens is 388 g/mol. The first-order valence-electron chi connectivity index (χ1n) is 8.88. The largest absolute Gasteiger partial charge is 0.411 e. The molecule has 0 fully saturated rings. The van der Waals surface area contributed by atoms with Gasteiger partial charge in [-0.25, -0.2) is 4.98 Å². The Morgan fingerprint density at radius 2 is 1.71 bits per heavy atom. The van der Waals surface area contributed by atoms with E-state index in [1.54, 1.807) is 11.3 Å². The normalized spacial score (nSPS) is 11.0. The Hall–Kier alpha value is -2.64. The number of hydrogen-bond donors (Lipinski definition) is 1. The minimum absolute atomic E-state index is 0.550. The van der Waals surface area contributed by atoms with Crippen LogP contribution >= 0.6 is 23.1 Å². The second kappa shape index (κ2) is 8.16. The van der Waals surface area contributed by atoms with Crippen LogP contribution in [0.1, 0.15) is 22.4 Å². The number of nitrogens with one attached hydrogen (secondary N) is 1. The molecule has 0 atom stereocenters. The molecule has 28 heavy (non-hydrogen) atoms. The van der Waals surface area contributed by atoms with E-state index in [0.29, 0.717) is 16.9 Å². The molecular formula is C21H20N4OS2. The van der Waals surface area contributed by atoms with Gasteiger partial charge in [0.1, 0.15) is 0 Å². The van der Waals surface area contributed by atoms with Crippen molar-refractivity contribution in [3.8, 4) is 11.5 Å². The molecule has 0 aliphatic rings. The second-order valence-corrected chi connectivity index (χ2v) is 8.46. The molecule has 2 aromatic carbocycles. The van der Waals surface area contributed by atoms with Gasteiger partial charge in [0.2, 0.25) is 5.89 Å². The van der Waals surface area contributed by atoms with Crippen LogP contribution in [-0.2, 0) is 5.75 Å². The smallest absolute Gasteiger partial charge is 0.277 e. The maximum atomic E-state index is 5.82. The molecule has 2 heterocycles. The van der Waals surface area contributed by atoms with Gasteiger partial charge in [-0.3, -0.25) is 0 Å². The Kier molecular flexibility index (Phi) is 5.45. The van der Waals surface area contributed by atoms with E-state index >= 15 is 0 Å². The summed E-state index contributed by atoms with van der Waals surface area (Å²) in [6.07, 6.45) is 0. The Morgan fingerprint density at radius 1 is 0.964 bits per heavy atom. The summed E-state index contributed by atoms with van der Waals surface area (Å²) in [7, 11) is 0. The first-order chi connectivity index (χ1) is 13.5. The summed E-state index contributed by atoms with van der Waals surface area (Å²) in [4.78, 5) is 4.63. The standard InChI is InChI=1S/C21H20N4OS2/c1-13-4-6-17(7-5-13)22-20-23-18(11-27-20)12-28-21-25-24-19(26-21)16-9-14(2)8-15(3)10-16/h4-11H,12H2,1-3H3,(H,22,23). The van der Waals surface area contributed by atoms with Crippen molar-refractivity contribution < 1.29 is 4.42 Å². The van der Waals surface area contributed by atoms with E-state index in [9.17, 15) is 0 Å². The maximum absolute atomic E-state index is 5.82. The summed E-state index contributed by atoms with van der Waals surface area (Å²) in [5.41, 5.74) is 6.57. The number of nitrogens with zero attached hydrogens (tertiary/aromatic N) is 3. The van der Waals surface area contributed by atoms with Crippen LogP contribution < -0.4 is 5.32 Å². The lowest BCUT2D eigenvalue weighted by molar-refractivity contribution is 0.465. The number of aromatic nitrogens is 3. The highest BCUT2D eigenvalue weighted by atomic mass is 32.2. The Bertz CT molecular complexity index is 1070. The maximum Gasteiger partial charge on any atom is 0.277 e. The number of anilines is 2. The predicted octanol–water partition coefficient (Wildman–Crippen LogP) is 6.15. The minimum atomic E-state index is 0.550. The Morgan fingerprint density at radius 3 is 2.46 bits per heavy atom. The van der Waals surface area contributed by atoms with Gasteiger partial charge in [-0.15, -0.1) is 21.5 Å². The fourth-order valence-corrected chi connectivity index (χ4v) is 4.30. The van der Waals surface area contributed by atoms with Crippen LogP contribution in [0.25, 0.3) is 11.5 Å². The lowest BCUT2D eigenvalue weighted by Gasteiger charge is -2.02. The number of benzene rings is 2. The van der Waals surface area contributed by atoms with Crippen LogP contribution in [0, 0.1) is 20.8 Å². The number of thiazole rings is 1. The number of thioether (sulfide) groups is 1. The van der Waals surface area contributed by atoms with Gasteiger partial charge in [0.05, 0.1) is 5.69 Å². The molecule has 0 spiro atoms. The Labute approximate surface area is 172 Å². The van der Waals surface area contributed by atoms with Crippen LogP contribution in [0.3, 0.4) is 0 Å². The van der Waals surface area contributed by atoms with Crippen LogP contribution in [0.4, 0.5) is 10.8 Å². The lowest BCUT2D eigenvalue weighted by Crippen LogP contribution is -1.90. The van der Waals surface area contributed by atoms with E-state index in [0.717, 1.165) is 22.1 Å².